The lowest BCUT2D eigenvalue weighted by Crippen LogP contribution is -2.39. The van der Waals surface area contributed by atoms with Crippen molar-refractivity contribution in [2.45, 2.75) is 19.1 Å². The summed E-state index contributed by atoms with van der Waals surface area (Å²) >= 11 is 0. The first-order valence-corrected chi connectivity index (χ1v) is 7.74. The van der Waals surface area contributed by atoms with E-state index in [-0.39, 0.29) is 11.9 Å². The number of aromatic nitrogens is 3. The monoisotopic (exact) mass is 319 g/mol. The van der Waals surface area contributed by atoms with Crippen LogP contribution in [-0.2, 0) is 17.8 Å². The first-order valence-electron chi connectivity index (χ1n) is 7.74. The van der Waals surface area contributed by atoms with E-state index < -0.39 is 0 Å². The van der Waals surface area contributed by atoms with Crippen molar-refractivity contribution >= 4 is 0 Å². The smallest absolute Gasteiger partial charge is 0.123 e. The topological polar surface area (TPSA) is 57.3 Å². The van der Waals surface area contributed by atoms with Gasteiger partial charge in [0.25, 0.3) is 0 Å². The van der Waals surface area contributed by atoms with E-state index >= 15 is 0 Å². The van der Waals surface area contributed by atoms with Crippen LogP contribution in [0.15, 0.2) is 24.3 Å². The van der Waals surface area contributed by atoms with Crippen LogP contribution in [0.25, 0.3) is 0 Å². The summed E-state index contributed by atoms with van der Waals surface area (Å²) in [7, 11) is 4.02. The number of aromatic amines is 1. The summed E-state index contributed by atoms with van der Waals surface area (Å²) in [5.41, 5.74) is 2.97. The van der Waals surface area contributed by atoms with Crippen LogP contribution < -0.4 is 0 Å². The zero-order valence-electron chi connectivity index (χ0n) is 13.5. The lowest BCUT2D eigenvalue weighted by molar-refractivity contribution is -0.0134. The molecule has 7 heteroatoms. The molecule has 124 valence electrons. The number of nitrogens with zero attached hydrogens (tertiary/aromatic N) is 4. The zero-order chi connectivity index (χ0) is 16.2. The van der Waals surface area contributed by atoms with Crippen LogP contribution in [0.4, 0.5) is 4.39 Å². The second-order valence-electron chi connectivity index (χ2n) is 6.07. The number of benzene rings is 1. The molecule has 6 nitrogen and oxygen atoms in total. The molecule has 23 heavy (non-hydrogen) atoms. The SMILES string of the molecule is CN(C)Cc1n[nH]nc1CN1CCOC[C@@H]1c1ccc(F)cc1. The van der Waals surface area contributed by atoms with Crippen molar-refractivity contribution in [1.29, 1.82) is 0 Å². The van der Waals surface area contributed by atoms with E-state index in [0.29, 0.717) is 19.8 Å². The summed E-state index contributed by atoms with van der Waals surface area (Å²) in [6.07, 6.45) is 0. The van der Waals surface area contributed by atoms with Gasteiger partial charge in [0.1, 0.15) is 17.2 Å². The van der Waals surface area contributed by atoms with Crippen LogP contribution in [0, 0.1) is 5.82 Å². The minimum atomic E-state index is -0.221. The Morgan fingerprint density at radius 1 is 1.26 bits per heavy atom. The van der Waals surface area contributed by atoms with Crippen molar-refractivity contribution in [2.75, 3.05) is 33.9 Å². The Morgan fingerprint density at radius 2 is 2.00 bits per heavy atom. The van der Waals surface area contributed by atoms with Crippen molar-refractivity contribution < 1.29 is 9.13 Å². The molecule has 1 saturated heterocycles. The summed E-state index contributed by atoms with van der Waals surface area (Å²) in [6.45, 7) is 3.56. The molecule has 1 fully saturated rings. The van der Waals surface area contributed by atoms with Crippen LogP contribution in [0.2, 0.25) is 0 Å². The first-order chi connectivity index (χ1) is 11.1. The Kier molecular flexibility index (Phi) is 5.00. The Hall–Kier alpha value is -1.83. The molecule has 2 aromatic rings. The molecule has 1 N–H and O–H groups in total. The molecule has 0 spiro atoms. The van der Waals surface area contributed by atoms with Gasteiger partial charge in [-0.15, -0.1) is 0 Å². The number of nitrogens with one attached hydrogen (secondary N) is 1. The van der Waals surface area contributed by atoms with Crippen LogP contribution in [0.1, 0.15) is 23.0 Å². The fourth-order valence-electron chi connectivity index (χ4n) is 2.84. The lowest BCUT2D eigenvalue weighted by atomic mass is 10.0. The van der Waals surface area contributed by atoms with Gasteiger partial charge in [-0.3, -0.25) is 4.90 Å². The van der Waals surface area contributed by atoms with Gasteiger partial charge in [0, 0.05) is 19.6 Å². The van der Waals surface area contributed by atoms with Gasteiger partial charge in [0.2, 0.25) is 0 Å². The fourth-order valence-corrected chi connectivity index (χ4v) is 2.84. The van der Waals surface area contributed by atoms with Gasteiger partial charge in [0.15, 0.2) is 0 Å². The molecule has 2 heterocycles. The molecule has 1 aromatic carbocycles. The quantitative estimate of drug-likeness (QED) is 0.907. The van der Waals surface area contributed by atoms with Crippen molar-refractivity contribution in [1.82, 2.24) is 25.2 Å². The minimum absolute atomic E-state index is 0.105. The molecule has 0 bridgehead atoms. The van der Waals surface area contributed by atoms with Crippen molar-refractivity contribution in [3.8, 4) is 0 Å². The van der Waals surface area contributed by atoms with Crippen molar-refractivity contribution in [2.24, 2.45) is 0 Å². The second-order valence-corrected chi connectivity index (χ2v) is 6.07. The van der Waals surface area contributed by atoms with E-state index in [1.54, 1.807) is 0 Å². The van der Waals surface area contributed by atoms with Crippen LogP contribution in [-0.4, -0.2) is 59.1 Å². The number of hydrogen-bond donors (Lipinski definition) is 1. The number of morpholine rings is 1. The zero-order valence-corrected chi connectivity index (χ0v) is 13.5. The highest BCUT2D eigenvalue weighted by molar-refractivity contribution is 5.21. The number of halogens is 1. The van der Waals surface area contributed by atoms with Crippen LogP contribution in [0.5, 0.6) is 0 Å². The van der Waals surface area contributed by atoms with E-state index in [1.165, 1.54) is 12.1 Å². The predicted molar refractivity (Wildman–Crippen MR) is 84.1 cm³/mol. The fraction of sp³-hybridized carbons (Fsp3) is 0.500. The predicted octanol–water partition coefficient (Wildman–Crippen LogP) is 1.58. The largest absolute Gasteiger partial charge is 0.378 e. The Morgan fingerprint density at radius 3 is 2.74 bits per heavy atom. The molecule has 1 aliphatic rings. The highest BCUT2D eigenvalue weighted by atomic mass is 19.1. The Balaban J connectivity index is 1.77. The number of H-pyrrole nitrogens is 1. The van der Waals surface area contributed by atoms with E-state index in [9.17, 15) is 4.39 Å². The third-order valence-corrected chi connectivity index (χ3v) is 4.02. The van der Waals surface area contributed by atoms with Gasteiger partial charge < -0.3 is 9.64 Å². The summed E-state index contributed by atoms with van der Waals surface area (Å²) < 4.78 is 18.8. The molecule has 1 aliphatic heterocycles. The van der Waals surface area contributed by atoms with Crippen molar-refractivity contribution in [3.63, 3.8) is 0 Å². The standard InChI is InChI=1S/C16H22FN5O/c1-21(2)9-14-15(19-20-18-14)10-22-7-8-23-11-16(22)12-3-5-13(17)6-4-12/h3-6,16H,7-11H2,1-2H3,(H,18,19,20)/t16-/m1/s1. The third-order valence-electron chi connectivity index (χ3n) is 4.02. The highest BCUT2D eigenvalue weighted by Gasteiger charge is 2.26. The molecule has 1 atom stereocenters. The number of hydrogen-bond acceptors (Lipinski definition) is 5. The maximum atomic E-state index is 13.2. The Labute approximate surface area is 135 Å². The first kappa shape index (κ1) is 16.0. The molecular formula is C16H22FN5O. The molecule has 0 saturated carbocycles. The molecule has 0 radical (unpaired) electrons. The highest BCUT2D eigenvalue weighted by Crippen LogP contribution is 2.26. The molecule has 1 aromatic heterocycles. The minimum Gasteiger partial charge on any atom is -0.378 e. The van der Waals surface area contributed by atoms with E-state index in [1.807, 2.05) is 26.2 Å². The molecular weight excluding hydrogens is 297 g/mol. The van der Waals surface area contributed by atoms with Crippen molar-refractivity contribution in [3.05, 3.63) is 47.0 Å². The van der Waals surface area contributed by atoms with Gasteiger partial charge in [-0.1, -0.05) is 12.1 Å². The van der Waals surface area contributed by atoms with E-state index in [0.717, 1.165) is 30.0 Å². The van der Waals surface area contributed by atoms with Gasteiger partial charge >= 0.3 is 0 Å². The Bertz CT molecular complexity index is 628. The molecule has 0 amide bonds. The van der Waals surface area contributed by atoms with Crippen LogP contribution in [0.3, 0.4) is 0 Å². The normalized spacial score (nSPS) is 19.4. The molecule has 0 unspecified atom stereocenters. The molecule has 0 aliphatic carbocycles. The summed E-state index contributed by atoms with van der Waals surface area (Å²) in [5, 5.41) is 11.3. The summed E-state index contributed by atoms with van der Waals surface area (Å²) in [5.74, 6) is -0.221. The average molecular weight is 319 g/mol. The number of ether oxygens (including phenoxy) is 1. The maximum absolute atomic E-state index is 13.2. The lowest BCUT2D eigenvalue weighted by Gasteiger charge is -2.35. The van der Waals surface area contributed by atoms with Gasteiger partial charge in [-0.05, 0) is 31.8 Å². The van der Waals surface area contributed by atoms with Gasteiger partial charge in [-0.25, -0.2) is 4.39 Å². The molecule has 3 rings (SSSR count). The third kappa shape index (κ3) is 3.93. The summed E-state index contributed by atoms with van der Waals surface area (Å²) in [4.78, 5) is 4.38. The maximum Gasteiger partial charge on any atom is 0.123 e. The van der Waals surface area contributed by atoms with Gasteiger partial charge in [0.05, 0.1) is 19.3 Å². The second kappa shape index (κ2) is 7.16. The van der Waals surface area contributed by atoms with E-state index in [2.05, 4.69) is 25.2 Å². The van der Waals surface area contributed by atoms with Crippen LogP contribution >= 0.6 is 0 Å². The van der Waals surface area contributed by atoms with E-state index in [4.69, 9.17) is 4.74 Å². The summed E-state index contributed by atoms with van der Waals surface area (Å²) in [6, 6.07) is 6.75. The average Bonchev–Trinajstić information content (AvgIpc) is 2.95. The number of rotatable bonds is 5. The van der Waals surface area contributed by atoms with Gasteiger partial charge in [-0.2, -0.15) is 15.4 Å².